The van der Waals surface area contributed by atoms with Gasteiger partial charge in [0.1, 0.15) is 9.88 Å². The number of carbonyl (C=O) groups is 1. The van der Waals surface area contributed by atoms with E-state index in [1.165, 1.54) is 11.3 Å². The van der Waals surface area contributed by atoms with Crippen molar-refractivity contribution in [2.45, 2.75) is 31.4 Å². The Morgan fingerprint density at radius 1 is 1.27 bits per heavy atom. The van der Waals surface area contributed by atoms with Gasteiger partial charge in [0.15, 0.2) is 0 Å². The molecular weight excluding hydrogens is 296 g/mol. The van der Waals surface area contributed by atoms with Gasteiger partial charge in [-0.3, -0.25) is 4.79 Å². The molecule has 0 radical (unpaired) electrons. The molecule has 0 spiro atoms. The van der Waals surface area contributed by atoms with E-state index >= 15 is 0 Å². The summed E-state index contributed by atoms with van der Waals surface area (Å²) in [6.45, 7) is 1.34. The van der Waals surface area contributed by atoms with Crippen molar-refractivity contribution in [3.63, 3.8) is 0 Å². The van der Waals surface area contributed by atoms with Crippen LogP contribution in [0.25, 0.3) is 10.6 Å². The highest BCUT2D eigenvalue weighted by Crippen LogP contribution is 2.32. The second kappa shape index (κ2) is 5.82. The standard InChI is InChI=1S/C17H18N2O2S/c20-17(19-9-10-21-14-8-4-7-13(14)19)15-11-18-16(22-15)12-5-2-1-3-6-12/h1-3,5-6,11,13-14H,4,7-10H2/t13-,14+/m1/s1. The first-order valence-corrected chi connectivity index (χ1v) is 8.58. The van der Waals surface area contributed by atoms with E-state index in [0.717, 1.165) is 34.7 Å². The Morgan fingerprint density at radius 3 is 3.00 bits per heavy atom. The van der Waals surface area contributed by atoms with Gasteiger partial charge < -0.3 is 9.64 Å². The maximum Gasteiger partial charge on any atom is 0.266 e. The summed E-state index contributed by atoms with van der Waals surface area (Å²) in [5.41, 5.74) is 1.06. The second-order valence-electron chi connectivity index (χ2n) is 5.80. The zero-order valence-corrected chi connectivity index (χ0v) is 13.1. The summed E-state index contributed by atoms with van der Waals surface area (Å²) in [5.74, 6) is 0.111. The Labute approximate surface area is 133 Å². The predicted octanol–water partition coefficient (Wildman–Crippen LogP) is 3.20. The molecule has 1 saturated carbocycles. The predicted molar refractivity (Wildman–Crippen MR) is 86.0 cm³/mol. The van der Waals surface area contributed by atoms with Crippen LogP contribution in [0.1, 0.15) is 28.9 Å². The minimum absolute atomic E-state index is 0.111. The van der Waals surface area contributed by atoms with Crippen LogP contribution in [0.15, 0.2) is 36.5 Å². The lowest BCUT2D eigenvalue weighted by Gasteiger charge is -2.37. The van der Waals surface area contributed by atoms with E-state index in [1.54, 1.807) is 6.20 Å². The van der Waals surface area contributed by atoms with E-state index in [9.17, 15) is 4.79 Å². The maximum absolute atomic E-state index is 12.8. The lowest BCUT2D eigenvalue weighted by Crippen LogP contribution is -2.51. The van der Waals surface area contributed by atoms with Crippen molar-refractivity contribution < 1.29 is 9.53 Å². The molecule has 2 atom stereocenters. The van der Waals surface area contributed by atoms with Crippen LogP contribution >= 0.6 is 11.3 Å². The van der Waals surface area contributed by atoms with E-state index < -0.39 is 0 Å². The molecular formula is C17H18N2O2S. The van der Waals surface area contributed by atoms with E-state index in [0.29, 0.717) is 13.2 Å². The molecule has 22 heavy (non-hydrogen) atoms. The summed E-state index contributed by atoms with van der Waals surface area (Å²) in [7, 11) is 0. The van der Waals surface area contributed by atoms with Crippen LogP contribution in [0.2, 0.25) is 0 Å². The number of hydrogen-bond donors (Lipinski definition) is 0. The lowest BCUT2D eigenvalue weighted by molar-refractivity contribution is -0.0443. The average Bonchev–Trinajstić information content (AvgIpc) is 3.24. The maximum atomic E-state index is 12.8. The average molecular weight is 314 g/mol. The first-order chi connectivity index (χ1) is 10.8. The summed E-state index contributed by atoms with van der Waals surface area (Å²) < 4.78 is 5.79. The number of rotatable bonds is 2. The molecule has 2 heterocycles. The largest absolute Gasteiger partial charge is 0.374 e. The van der Waals surface area contributed by atoms with Crippen molar-refractivity contribution in [1.29, 1.82) is 0 Å². The minimum Gasteiger partial charge on any atom is -0.374 e. The third kappa shape index (κ3) is 2.44. The van der Waals surface area contributed by atoms with Crippen molar-refractivity contribution in [1.82, 2.24) is 9.88 Å². The number of thiazole rings is 1. The fraction of sp³-hybridized carbons (Fsp3) is 0.412. The van der Waals surface area contributed by atoms with Gasteiger partial charge in [-0.1, -0.05) is 30.3 Å². The first kappa shape index (κ1) is 13.9. The van der Waals surface area contributed by atoms with Crippen LogP contribution in [0.3, 0.4) is 0 Å². The number of benzene rings is 1. The number of morpholine rings is 1. The van der Waals surface area contributed by atoms with Crippen LogP contribution < -0.4 is 0 Å². The molecule has 2 aromatic rings. The van der Waals surface area contributed by atoms with Gasteiger partial charge in [-0.05, 0) is 19.3 Å². The van der Waals surface area contributed by atoms with Crippen molar-refractivity contribution in [2.24, 2.45) is 0 Å². The molecule has 0 unspecified atom stereocenters. The molecule has 2 aliphatic rings. The number of hydrogen-bond acceptors (Lipinski definition) is 4. The normalized spacial score (nSPS) is 24.3. The highest BCUT2D eigenvalue weighted by atomic mass is 32.1. The van der Waals surface area contributed by atoms with Crippen molar-refractivity contribution >= 4 is 17.2 Å². The van der Waals surface area contributed by atoms with E-state index in [4.69, 9.17) is 4.74 Å². The first-order valence-electron chi connectivity index (χ1n) is 7.77. The van der Waals surface area contributed by atoms with Crippen molar-refractivity contribution in [3.8, 4) is 10.6 Å². The highest BCUT2D eigenvalue weighted by Gasteiger charge is 2.39. The summed E-state index contributed by atoms with van der Waals surface area (Å²) in [5, 5.41) is 0.903. The molecule has 4 rings (SSSR count). The van der Waals surface area contributed by atoms with Crippen LogP contribution in [0, 0.1) is 0 Å². The smallest absolute Gasteiger partial charge is 0.266 e. The summed E-state index contributed by atoms with van der Waals surface area (Å²) in [6, 6.07) is 10.3. The summed E-state index contributed by atoms with van der Waals surface area (Å²) in [6.07, 6.45) is 5.23. The topological polar surface area (TPSA) is 42.4 Å². The molecule has 5 heteroatoms. The number of ether oxygens (including phenoxy) is 1. The van der Waals surface area contributed by atoms with E-state index in [1.807, 2.05) is 35.2 Å². The lowest BCUT2D eigenvalue weighted by atomic mass is 10.1. The SMILES string of the molecule is O=C(c1cnc(-c2ccccc2)s1)N1CCO[C@H]2CCC[C@H]21. The Morgan fingerprint density at radius 2 is 2.14 bits per heavy atom. The molecule has 1 saturated heterocycles. The van der Waals surface area contributed by atoms with Gasteiger partial charge in [-0.15, -0.1) is 11.3 Å². The van der Waals surface area contributed by atoms with E-state index in [2.05, 4.69) is 4.98 Å². The molecule has 1 aliphatic heterocycles. The molecule has 1 aliphatic carbocycles. The third-order valence-corrected chi connectivity index (χ3v) is 5.51. The van der Waals surface area contributed by atoms with Crippen LogP contribution in [-0.4, -0.2) is 41.1 Å². The van der Waals surface area contributed by atoms with Crippen molar-refractivity contribution in [3.05, 3.63) is 41.4 Å². The van der Waals surface area contributed by atoms with Gasteiger partial charge in [0, 0.05) is 12.1 Å². The van der Waals surface area contributed by atoms with Crippen LogP contribution in [0.5, 0.6) is 0 Å². The zero-order chi connectivity index (χ0) is 14.9. The quantitative estimate of drug-likeness (QED) is 0.855. The van der Waals surface area contributed by atoms with Gasteiger partial charge in [0.05, 0.1) is 24.9 Å². The van der Waals surface area contributed by atoms with Crippen LogP contribution in [-0.2, 0) is 4.74 Å². The Bertz CT molecular complexity index is 670. The molecule has 1 aromatic heterocycles. The molecule has 1 amide bonds. The Hall–Kier alpha value is -1.72. The molecule has 1 aromatic carbocycles. The summed E-state index contributed by atoms with van der Waals surface area (Å²) in [4.78, 5) is 20.0. The number of amides is 1. The van der Waals surface area contributed by atoms with Gasteiger partial charge >= 0.3 is 0 Å². The fourth-order valence-corrected chi connectivity index (χ4v) is 4.28. The monoisotopic (exact) mass is 314 g/mol. The fourth-order valence-electron chi connectivity index (χ4n) is 3.41. The van der Waals surface area contributed by atoms with Gasteiger partial charge in [0.25, 0.3) is 5.91 Å². The molecule has 2 fully saturated rings. The molecule has 0 bridgehead atoms. The summed E-state index contributed by atoms with van der Waals surface area (Å²) >= 11 is 1.48. The Kier molecular flexibility index (Phi) is 3.68. The van der Waals surface area contributed by atoms with Crippen LogP contribution in [0.4, 0.5) is 0 Å². The highest BCUT2D eigenvalue weighted by molar-refractivity contribution is 7.16. The number of nitrogens with zero attached hydrogens (tertiary/aromatic N) is 2. The molecule has 0 N–H and O–H groups in total. The van der Waals surface area contributed by atoms with E-state index in [-0.39, 0.29) is 18.1 Å². The van der Waals surface area contributed by atoms with Gasteiger partial charge in [-0.25, -0.2) is 4.98 Å². The molecule has 4 nitrogen and oxygen atoms in total. The van der Waals surface area contributed by atoms with Gasteiger partial charge in [0.2, 0.25) is 0 Å². The number of fused-ring (bicyclic) bond motifs is 1. The Balaban J connectivity index is 1.57. The minimum atomic E-state index is 0.111. The molecule has 114 valence electrons. The third-order valence-electron chi connectivity index (χ3n) is 4.48. The number of aromatic nitrogens is 1. The second-order valence-corrected chi connectivity index (χ2v) is 6.83. The zero-order valence-electron chi connectivity index (χ0n) is 12.3. The number of carbonyl (C=O) groups excluding carboxylic acids is 1. The van der Waals surface area contributed by atoms with Crippen molar-refractivity contribution in [2.75, 3.05) is 13.2 Å². The van der Waals surface area contributed by atoms with Gasteiger partial charge in [-0.2, -0.15) is 0 Å².